The van der Waals surface area contributed by atoms with Gasteiger partial charge in [-0.05, 0) is 122 Å². The summed E-state index contributed by atoms with van der Waals surface area (Å²) in [7, 11) is 0. The minimum Gasteiger partial charge on any atom is -0.282 e. The summed E-state index contributed by atoms with van der Waals surface area (Å²) in [6.45, 7) is 0.707. The predicted octanol–water partition coefficient (Wildman–Crippen LogP) is 4.55. The maximum atomic E-state index is 13.5. The van der Waals surface area contributed by atoms with Crippen LogP contribution in [0.4, 0.5) is 0 Å². The SMILES string of the molecule is O=C1C2C3CC(C2C(=O)N1CCCC1CC2CC1C1C4C=CC(C4)C21)C1C2C=CC(C2)C31. The zero-order valence-electron chi connectivity index (χ0n) is 18.9. The van der Waals surface area contributed by atoms with E-state index >= 15 is 0 Å². The molecular formula is C29H35NO2. The second-order valence-electron chi connectivity index (χ2n) is 13.4. The summed E-state index contributed by atoms with van der Waals surface area (Å²) < 4.78 is 0. The van der Waals surface area contributed by atoms with Crippen molar-refractivity contribution >= 4 is 11.8 Å². The molecule has 7 fully saturated rings. The van der Waals surface area contributed by atoms with E-state index in [1.165, 1.54) is 32.1 Å². The number of carbonyl (C=O) groups excluding carboxylic acids is 2. The van der Waals surface area contributed by atoms with E-state index in [0.717, 1.165) is 54.3 Å². The fraction of sp³-hybridized carbons (Fsp3) is 0.793. The molecule has 8 bridgehead atoms. The topological polar surface area (TPSA) is 37.4 Å². The first-order valence-corrected chi connectivity index (χ1v) is 13.9. The molecular weight excluding hydrogens is 394 g/mol. The normalized spacial score (nSPS) is 61.0. The number of likely N-dealkylation sites (tertiary alicyclic amines) is 1. The Kier molecular flexibility index (Phi) is 3.27. The van der Waals surface area contributed by atoms with Crippen LogP contribution in [-0.4, -0.2) is 23.3 Å². The van der Waals surface area contributed by atoms with Gasteiger partial charge in [0, 0.05) is 6.54 Å². The Morgan fingerprint density at radius 1 is 0.656 bits per heavy atom. The minimum atomic E-state index is 0.0468. The third kappa shape index (κ3) is 1.92. The number of hydrogen-bond donors (Lipinski definition) is 0. The van der Waals surface area contributed by atoms with Crippen LogP contribution in [0.2, 0.25) is 0 Å². The number of amides is 2. The molecule has 1 aliphatic heterocycles. The monoisotopic (exact) mass is 429 g/mol. The van der Waals surface area contributed by atoms with E-state index < -0.39 is 0 Å². The van der Waals surface area contributed by atoms with Crippen molar-refractivity contribution in [1.82, 2.24) is 4.90 Å². The van der Waals surface area contributed by atoms with Crippen LogP contribution in [0, 0.1) is 88.8 Å². The minimum absolute atomic E-state index is 0.0468. The lowest BCUT2D eigenvalue weighted by Crippen LogP contribution is -2.38. The Morgan fingerprint density at radius 2 is 1.22 bits per heavy atom. The Labute approximate surface area is 191 Å². The van der Waals surface area contributed by atoms with Crippen molar-refractivity contribution in [2.24, 2.45) is 88.8 Å². The largest absolute Gasteiger partial charge is 0.282 e. The van der Waals surface area contributed by atoms with Crippen LogP contribution in [0.3, 0.4) is 0 Å². The fourth-order valence-electron chi connectivity index (χ4n) is 12.4. The van der Waals surface area contributed by atoms with E-state index in [-0.39, 0.29) is 23.7 Å². The van der Waals surface area contributed by atoms with E-state index in [4.69, 9.17) is 0 Å². The van der Waals surface area contributed by atoms with Gasteiger partial charge in [0.2, 0.25) is 11.8 Å². The van der Waals surface area contributed by atoms with Crippen molar-refractivity contribution in [2.75, 3.05) is 6.54 Å². The summed E-state index contributed by atoms with van der Waals surface area (Å²) in [5, 5.41) is 0. The van der Waals surface area contributed by atoms with Gasteiger partial charge in [0.05, 0.1) is 11.8 Å². The van der Waals surface area contributed by atoms with Crippen LogP contribution in [0.15, 0.2) is 24.3 Å². The Hall–Kier alpha value is -1.38. The van der Waals surface area contributed by atoms with Crippen LogP contribution >= 0.6 is 0 Å². The first-order valence-electron chi connectivity index (χ1n) is 13.9. The maximum absolute atomic E-state index is 13.5. The quantitative estimate of drug-likeness (QED) is 0.373. The number of nitrogens with zero attached hydrogens (tertiary/aromatic N) is 1. The lowest BCUT2D eigenvalue weighted by Gasteiger charge is -2.37. The number of carbonyl (C=O) groups is 2. The molecule has 1 saturated heterocycles. The molecule has 15 atom stereocenters. The highest BCUT2D eigenvalue weighted by molar-refractivity contribution is 6.06. The van der Waals surface area contributed by atoms with Gasteiger partial charge in [-0.3, -0.25) is 14.5 Å². The molecule has 0 aromatic carbocycles. The molecule has 0 N–H and O–H groups in total. The van der Waals surface area contributed by atoms with E-state index in [1.54, 1.807) is 4.90 Å². The van der Waals surface area contributed by atoms with E-state index in [9.17, 15) is 9.59 Å². The van der Waals surface area contributed by atoms with Crippen LogP contribution in [0.1, 0.15) is 44.9 Å². The first kappa shape index (κ1) is 18.0. The molecule has 0 radical (unpaired) electrons. The molecule has 15 unspecified atom stereocenters. The maximum Gasteiger partial charge on any atom is 0.233 e. The van der Waals surface area contributed by atoms with Gasteiger partial charge >= 0.3 is 0 Å². The van der Waals surface area contributed by atoms with Crippen LogP contribution in [0.25, 0.3) is 0 Å². The fourth-order valence-corrected chi connectivity index (χ4v) is 12.4. The Morgan fingerprint density at radius 3 is 1.84 bits per heavy atom. The van der Waals surface area contributed by atoms with E-state index in [2.05, 4.69) is 24.3 Å². The van der Waals surface area contributed by atoms with Gasteiger partial charge in [-0.1, -0.05) is 24.3 Å². The van der Waals surface area contributed by atoms with Crippen molar-refractivity contribution < 1.29 is 9.59 Å². The summed E-state index contributed by atoms with van der Waals surface area (Å²) in [5.74, 6) is 10.9. The zero-order chi connectivity index (χ0) is 20.9. The molecule has 0 aromatic heterocycles. The van der Waals surface area contributed by atoms with Gasteiger partial charge in [0.25, 0.3) is 0 Å². The Bertz CT molecular complexity index is 940. The molecule has 1 heterocycles. The van der Waals surface area contributed by atoms with Gasteiger partial charge in [-0.25, -0.2) is 0 Å². The van der Waals surface area contributed by atoms with Crippen molar-refractivity contribution in [3.63, 3.8) is 0 Å². The third-order valence-corrected chi connectivity index (χ3v) is 12.9. The van der Waals surface area contributed by atoms with Crippen LogP contribution in [-0.2, 0) is 9.59 Å². The van der Waals surface area contributed by atoms with E-state index in [0.29, 0.717) is 42.1 Å². The molecule has 168 valence electrons. The number of rotatable bonds is 4. The lowest BCUT2D eigenvalue weighted by atomic mass is 9.65. The molecule has 9 rings (SSSR count). The van der Waals surface area contributed by atoms with Crippen molar-refractivity contribution in [3.05, 3.63) is 24.3 Å². The molecule has 3 nitrogen and oxygen atoms in total. The van der Waals surface area contributed by atoms with Gasteiger partial charge in [-0.15, -0.1) is 0 Å². The first-order chi connectivity index (χ1) is 15.7. The molecule has 0 spiro atoms. The van der Waals surface area contributed by atoms with Crippen molar-refractivity contribution in [3.8, 4) is 0 Å². The second kappa shape index (κ2) is 5.81. The molecule has 2 amide bonds. The van der Waals surface area contributed by atoms with Crippen molar-refractivity contribution in [2.45, 2.75) is 44.9 Å². The molecule has 0 aromatic rings. The highest BCUT2D eigenvalue weighted by Gasteiger charge is 2.70. The van der Waals surface area contributed by atoms with Crippen molar-refractivity contribution in [1.29, 1.82) is 0 Å². The summed E-state index contributed by atoms with van der Waals surface area (Å²) in [5.41, 5.74) is 0. The van der Waals surface area contributed by atoms with Crippen LogP contribution < -0.4 is 0 Å². The average molecular weight is 430 g/mol. The molecule has 8 aliphatic carbocycles. The smallest absolute Gasteiger partial charge is 0.233 e. The third-order valence-electron chi connectivity index (χ3n) is 12.9. The second-order valence-corrected chi connectivity index (χ2v) is 13.4. The standard InChI is InChI=1S/C29H35NO2/c31-28-26-20-12-21(25-17-6-5-16(10-17)24(20)25)27(26)29(32)30(28)7-1-2-13-8-18-11-19(13)23-15-4-3-14(9-15)22(18)23/h3-6,13-27H,1-2,7-12H2. The number of fused-ring (bicyclic) bond motifs is 21. The summed E-state index contributed by atoms with van der Waals surface area (Å²) in [6.07, 6.45) is 19.0. The highest BCUT2D eigenvalue weighted by atomic mass is 16.2. The molecule has 3 heteroatoms. The highest BCUT2D eigenvalue weighted by Crippen LogP contribution is 2.70. The number of allylic oxidation sites excluding steroid dienone is 4. The molecule has 9 aliphatic rings. The lowest BCUT2D eigenvalue weighted by molar-refractivity contribution is -0.141. The number of imide groups is 1. The summed E-state index contributed by atoms with van der Waals surface area (Å²) in [4.78, 5) is 28.7. The Balaban J connectivity index is 0.887. The molecule has 32 heavy (non-hydrogen) atoms. The summed E-state index contributed by atoms with van der Waals surface area (Å²) >= 11 is 0. The van der Waals surface area contributed by atoms with Crippen LogP contribution in [0.5, 0.6) is 0 Å². The van der Waals surface area contributed by atoms with E-state index in [1.807, 2.05) is 0 Å². The van der Waals surface area contributed by atoms with Gasteiger partial charge in [-0.2, -0.15) is 0 Å². The average Bonchev–Trinajstić information content (AvgIpc) is 3.63. The van der Waals surface area contributed by atoms with Gasteiger partial charge < -0.3 is 0 Å². The number of hydrogen-bond acceptors (Lipinski definition) is 2. The predicted molar refractivity (Wildman–Crippen MR) is 120 cm³/mol. The summed E-state index contributed by atoms with van der Waals surface area (Å²) in [6, 6.07) is 0. The van der Waals surface area contributed by atoms with Gasteiger partial charge in [0.1, 0.15) is 0 Å². The molecule has 6 saturated carbocycles. The van der Waals surface area contributed by atoms with Gasteiger partial charge in [0.15, 0.2) is 0 Å². The zero-order valence-corrected chi connectivity index (χ0v) is 18.9.